The lowest BCUT2D eigenvalue weighted by Crippen LogP contribution is -2.24. The van der Waals surface area contributed by atoms with Gasteiger partial charge in [0.1, 0.15) is 5.76 Å². The average Bonchev–Trinajstić information content (AvgIpc) is 3.06. The molecule has 0 aromatic carbocycles. The first-order valence-corrected chi connectivity index (χ1v) is 6.66. The van der Waals surface area contributed by atoms with Crippen molar-refractivity contribution >= 4 is 17.7 Å². The number of amides is 1. The highest BCUT2D eigenvalue weighted by molar-refractivity contribution is 7.99. The van der Waals surface area contributed by atoms with Gasteiger partial charge in [0, 0.05) is 6.54 Å². The second kappa shape index (κ2) is 6.90. The highest BCUT2D eigenvalue weighted by Crippen LogP contribution is 2.12. The molecule has 2 aromatic rings. The van der Waals surface area contributed by atoms with Gasteiger partial charge in [-0.05, 0) is 22.6 Å². The molecule has 0 saturated carbocycles. The molecule has 0 saturated heterocycles. The quantitative estimate of drug-likeness (QED) is 0.666. The maximum absolute atomic E-state index is 11.6. The Morgan fingerprint density at radius 3 is 3.21 bits per heavy atom. The van der Waals surface area contributed by atoms with E-state index in [1.165, 1.54) is 11.8 Å². The standard InChI is InChI=1S/C10H14N6O2S/c11-3-4-16-10(13-14-15-16)19-7-9(17)12-6-8-2-1-5-18-8/h1-2,5H,3-4,6-7,11H2,(H,12,17). The average molecular weight is 282 g/mol. The molecule has 0 radical (unpaired) electrons. The van der Waals surface area contributed by atoms with Crippen LogP contribution < -0.4 is 11.1 Å². The van der Waals surface area contributed by atoms with Crippen molar-refractivity contribution in [2.24, 2.45) is 5.73 Å². The summed E-state index contributed by atoms with van der Waals surface area (Å²) in [6, 6.07) is 3.58. The van der Waals surface area contributed by atoms with Crippen LogP contribution in [0.3, 0.4) is 0 Å². The van der Waals surface area contributed by atoms with Gasteiger partial charge in [-0.2, -0.15) is 0 Å². The van der Waals surface area contributed by atoms with E-state index in [9.17, 15) is 4.79 Å². The van der Waals surface area contributed by atoms with Crippen LogP contribution in [0.5, 0.6) is 0 Å². The zero-order valence-electron chi connectivity index (χ0n) is 10.2. The number of tetrazole rings is 1. The van der Waals surface area contributed by atoms with Gasteiger partial charge in [0.25, 0.3) is 0 Å². The Morgan fingerprint density at radius 2 is 2.47 bits per heavy atom. The summed E-state index contributed by atoms with van der Waals surface area (Å²) in [5, 5.41) is 14.5. The number of thioether (sulfide) groups is 1. The SMILES string of the molecule is NCCn1nnnc1SCC(=O)NCc1ccco1. The third-order valence-electron chi connectivity index (χ3n) is 2.21. The van der Waals surface area contributed by atoms with Crippen molar-refractivity contribution in [1.29, 1.82) is 0 Å². The smallest absolute Gasteiger partial charge is 0.230 e. The predicted octanol–water partition coefficient (Wildman–Crippen LogP) is -0.367. The third-order valence-corrected chi connectivity index (χ3v) is 3.17. The predicted molar refractivity (Wildman–Crippen MR) is 68.2 cm³/mol. The summed E-state index contributed by atoms with van der Waals surface area (Å²) < 4.78 is 6.69. The molecule has 0 aliphatic carbocycles. The number of rotatable bonds is 7. The van der Waals surface area contributed by atoms with E-state index in [0.717, 1.165) is 0 Å². The van der Waals surface area contributed by atoms with E-state index < -0.39 is 0 Å². The van der Waals surface area contributed by atoms with Gasteiger partial charge in [-0.1, -0.05) is 11.8 Å². The number of hydrogen-bond acceptors (Lipinski definition) is 7. The van der Waals surface area contributed by atoms with Crippen LogP contribution in [-0.2, 0) is 17.9 Å². The summed E-state index contributed by atoms with van der Waals surface area (Å²) >= 11 is 1.27. The Bertz CT molecular complexity index is 512. The van der Waals surface area contributed by atoms with Crippen LogP contribution in [0.1, 0.15) is 5.76 Å². The Hall–Kier alpha value is -1.87. The topological polar surface area (TPSA) is 112 Å². The van der Waals surface area contributed by atoms with Crippen molar-refractivity contribution in [3.63, 3.8) is 0 Å². The van der Waals surface area contributed by atoms with Crippen LogP contribution in [0.25, 0.3) is 0 Å². The van der Waals surface area contributed by atoms with E-state index in [-0.39, 0.29) is 11.7 Å². The summed E-state index contributed by atoms with van der Waals surface area (Å²) in [6.07, 6.45) is 1.57. The minimum absolute atomic E-state index is 0.108. The molecule has 0 aliphatic rings. The Morgan fingerprint density at radius 1 is 1.58 bits per heavy atom. The van der Waals surface area contributed by atoms with E-state index >= 15 is 0 Å². The summed E-state index contributed by atoms with van der Waals surface area (Å²) in [6.45, 7) is 1.35. The first kappa shape index (κ1) is 13.6. The maximum atomic E-state index is 11.6. The van der Waals surface area contributed by atoms with Crippen LogP contribution in [0.2, 0.25) is 0 Å². The zero-order valence-corrected chi connectivity index (χ0v) is 11.0. The third kappa shape index (κ3) is 4.07. The highest BCUT2D eigenvalue weighted by atomic mass is 32.2. The first-order valence-electron chi connectivity index (χ1n) is 5.67. The van der Waals surface area contributed by atoms with Gasteiger partial charge >= 0.3 is 0 Å². The molecule has 0 atom stereocenters. The van der Waals surface area contributed by atoms with E-state index in [2.05, 4.69) is 20.8 Å². The molecule has 0 bridgehead atoms. The van der Waals surface area contributed by atoms with Crippen LogP contribution >= 0.6 is 11.8 Å². The van der Waals surface area contributed by atoms with Crippen molar-refractivity contribution in [1.82, 2.24) is 25.5 Å². The Kier molecular flexibility index (Phi) is 4.93. The minimum Gasteiger partial charge on any atom is -0.467 e. The molecular weight excluding hydrogens is 268 g/mol. The van der Waals surface area contributed by atoms with E-state index in [1.807, 2.05) is 0 Å². The number of aromatic nitrogens is 4. The second-order valence-corrected chi connectivity index (χ2v) is 4.56. The zero-order chi connectivity index (χ0) is 13.5. The molecule has 2 rings (SSSR count). The molecule has 0 aliphatic heterocycles. The summed E-state index contributed by atoms with van der Waals surface area (Å²) in [7, 11) is 0. The van der Waals surface area contributed by atoms with Crippen LogP contribution in [-0.4, -0.2) is 38.4 Å². The molecule has 0 unspecified atom stereocenters. The molecule has 3 N–H and O–H groups in total. The van der Waals surface area contributed by atoms with E-state index in [0.29, 0.717) is 30.6 Å². The first-order chi connectivity index (χ1) is 9.29. The molecule has 8 nitrogen and oxygen atoms in total. The normalized spacial score (nSPS) is 10.6. The number of nitrogens with two attached hydrogens (primary N) is 1. The highest BCUT2D eigenvalue weighted by Gasteiger charge is 2.09. The fraction of sp³-hybridized carbons (Fsp3) is 0.400. The molecule has 19 heavy (non-hydrogen) atoms. The van der Waals surface area contributed by atoms with Gasteiger partial charge in [-0.3, -0.25) is 4.79 Å². The molecule has 1 amide bonds. The van der Waals surface area contributed by atoms with Crippen molar-refractivity contribution in [2.45, 2.75) is 18.2 Å². The lowest BCUT2D eigenvalue weighted by molar-refractivity contribution is -0.118. The largest absolute Gasteiger partial charge is 0.467 e. The molecule has 2 aromatic heterocycles. The van der Waals surface area contributed by atoms with Crippen LogP contribution in [0.4, 0.5) is 0 Å². The lowest BCUT2D eigenvalue weighted by atomic mass is 10.4. The van der Waals surface area contributed by atoms with Gasteiger partial charge in [-0.25, -0.2) is 4.68 Å². The number of nitrogens with one attached hydrogen (secondary N) is 1. The van der Waals surface area contributed by atoms with Gasteiger partial charge in [0.2, 0.25) is 11.1 Å². The van der Waals surface area contributed by atoms with Gasteiger partial charge in [-0.15, -0.1) is 5.10 Å². The van der Waals surface area contributed by atoms with Crippen LogP contribution in [0.15, 0.2) is 28.0 Å². The van der Waals surface area contributed by atoms with Gasteiger partial charge in [0.05, 0.1) is 25.1 Å². The second-order valence-electron chi connectivity index (χ2n) is 3.62. The maximum Gasteiger partial charge on any atom is 0.230 e. The number of nitrogens with zero attached hydrogens (tertiary/aromatic N) is 4. The van der Waals surface area contributed by atoms with E-state index in [1.54, 1.807) is 23.1 Å². The van der Waals surface area contributed by atoms with Gasteiger partial charge < -0.3 is 15.5 Å². The molecule has 2 heterocycles. The summed E-state index contributed by atoms with van der Waals surface area (Å²) in [5.41, 5.74) is 5.43. The minimum atomic E-state index is -0.108. The number of carbonyl (C=O) groups is 1. The fourth-order valence-electron chi connectivity index (χ4n) is 1.34. The Balaban J connectivity index is 1.75. The molecule has 9 heteroatoms. The Labute approximate surface area is 113 Å². The molecular formula is C10H14N6O2S. The van der Waals surface area contributed by atoms with Crippen molar-refractivity contribution in [2.75, 3.05) is 12.3 Å². The van der Waals surface area contributed by atoms with Crippen molar-refractivity contribution < 1.29 is 9.21 Å². The molecule has 102 valence electrons. The number of furan rings is 1. The van der Waals surface area contributed by atoms with Crippen molar-refractivity contribution in [3.05, 3.63) is 24.2 Å². The fourth-order valence-corrected chi connectivity index (χ4v) is 2.08. The van der Waals surface area contributed by atoms with Crippen LogP contribution in [0, 0.1) is 0 Å². The molecule has 0 spiro atoms. The summed E-state index contributed by atoms with van der Waals surface area (Å²) in [5.74, 6) is 0.848. The number of carbonyl (C=O) groups excluding carboxylic acids is 1. The van der Waals surface area contributed by atoms with E-state index in [4.69, 9.17) is 10.2 Å². The monoisotopic (exact) mass is 282 g/mol. The lowest BCUT2D eigenvalue weighted by Gasteiger charge is -2.03. The van der Waals surface area contributed by atoms with Gasteiger partial charge in [0.15, 0.2) is 0 Å². The van der Waals surface area contributed by atoms with Crippen molar-refractivity contribution in [3.8, 4) is 0 Å². The molecule has 0 fully saturated rings. The summed E-state index contributed by atoms with van der Waals surface area (Å²) in [4.78, 5) is 11.6. The number of hydrogen-bond donors (Lipinski definition) is 2.